The highest BCUT2D eigenvalue weighted by Gasteiger charge is 2.55. The first-order chi connectivity index (χ1) is 12.4. The van der Waals surface area contributed by atoms with Crippen molar-refractivity contribution in [3.63, 3.8) is 0 Å². The molecule has 0 aliphatic carbocycles. The number of benzene rings is 2. The molecule has 2 rings (SSSR count). The van der Waals surface area contributed by atoms with Gasteiger partial charge in [-0.2, -0.15) is 13.2 Å². The number of aliphatic hydroxyl groups is 1. The summed E-state index contributed by atoms with van der Waals surface area (Å²) in [4.78, 5) is 24.0. The predicted octanol–water partition coefficient (Wildman–Crippen LogP) is 4.45. The Bertz CT molecular complexity index is 888. The van der Waals surface area contributed by atoms with Gasteiger partial charge in [-0.1, -0.05) is 17.7 Å². The van der Waals surface area contributed by atoms with Crippen LogP contribution in [-0.2, 0) is 4.79 Å². The van der Waals surface area contributed by atoms with E-state index >= 15 is 0 Å². The lowest BCUT2D eigenvalue weighted by atomic mass is 10.1. The van der Waals surface area contributed by atoms with Gasteiger partial charge in [0.05, 0.1) is 10.7 Å². The lowest BCUT2D eigenvalue weighted by Gasteiger charge is -2.25. The maximum absolute atomic E-state index is 12.7. The Balaban J connectivity index is 2.15. The van der Waals surface area contributed by atoms with Crippen LogP contribution >= 0.6 is 34.2 Å². The summed E-state index contributed by atoms with van der Waals surface area (Å²) in [5.41, 5.74) is -3.06. The van der Waals surface area contributed by atoms with Crippen molar-refractivity contribution in [1.29, 1.82) is 0 Å². The summed E-state index contributed by atoms with van der Waals surface area (Å²) >= 11 is 8.04. The monoisotopic (exact) mass is 512 g/mol. The average Bonchev–Trinajstić information content (AvgIpc) is 2.55. The second-order valence-corrected chi connectivity index (χ2v) is 7.34. The zero-order valence-electron chi connectivity index (χ0n) is 13.7. The maximum atomic E-state index is 12.7. The molecule has 0 heterocycles. The second-order valence-electron chi connectivity index (χ2n) is 5.68. The number of anilines is 2. The Morgan fingerprint density at radius 2 is 1.78 bits per heavy atom. The highest BCUT2D eigenvalue weighted by molar-refractivity contribution is 14.1. The van der Waals surface area contributed by atoms with E-state index in [0.29, 0.717) is 12.6 Å². The summed E-state index contributed by atoms with van der Waals surface area (Å²) in [6.45, 7) is 0.333. The van der Waals surface area contributed by atoms with Crippen LogP contribution in [0.5, 0.6) is 0 Å². The lowest BCUT2D eigenvalue weighted by molar-refractivity contribution is -0.242. The van der Waals surface area contributed by atoms with Crippen molar-refractivity contribution in [3.8, 4) is 0 Å². The molecule has 144 valence electrons. The molecule has 10 heteroatoms. The molecule has 5 nitrogen and oxygen atoms in total. The fourth-order valence-electron chi connectivity index (χ4n) is 1.90. The fourth-order valence-corrected chi connectivity index (χ4v) is 2.67. The normalized spacial score (nSPS) is 13.6. The van der Waals surface area contributed by atoms with Crippen molar-refractivity contribution < 1.29 is 27.9 Å². The minimum Gasteiger partial charge on any atom is -0.373 e. The summed E-state index contributed by atoms with van der Waals surface area (Å²) in [5, 5.41) is 13.8. The molecule has 0 saturated heterocycles. The van der Waals surface area contributed by atoms with E-state index < -0.39 is 23.6 Å². The molecule has 3 N–H and O–H groups in total. The number of alkyl halides is 3. The highest BCUT2D eigenvalue weighted by atomic mass is 127. The summed E-state index contributed by atoms with van der Waals surface area (Å²) in [6, 6.07) is 10.7. The van der Waals surface area contributed by atoms with Crippen molar-refractivity contribution in [2.24, 2.45) is 0 Å². The molecule has 2 amide bonds. The van der Waals surface area contributed by atoms with Crippen molar-refractivity contribution in [1.82, 2.24) is 0 Å². The number of carbonyl (C=O) groups excluding carboxylic acids is 2. The molecule has 0 fully saturated rings. The average molecular weight is 513 g/mol. The van der Waals surface area contributed by atoms with Gasteiger partial charge >= 0.3 is 6.18 Å². The third-order valence-electron chi connectivity index (χ3n) is 3.56. The molecule has 2 aromatic carbocycles. The van der Waals surface area contributed by atoms with Gasteiger partial charge in [0, 0.05) is 14.8 Å². The van der Waals surface area contributed by atoms with Gasteiger partial charge in [0.1, 0.15) is 0 Å². The van der Waals surface area contributed by atoms with E-state index in [9.17, 15) is 27.9 Å². The van der Waals surface area contributed by atoms with Crippen LogP contribution in [-0.4, -0.2) is 28.7 Å². The van der Waals surface area contributed by atoms with Crippen LogP contribution in [0.2, 0.25) is 5.02 Å². The molecular weight excluding hydrogens is 500 g/mol. The fraction of sp³-hybridized carbons (Fsp3) is 0.176. The number of nitrogens with one attached hydrogen (secondary N) is 2. The number of hydrogen-bond donors (Lipinski definition) is 3. The van der Waals surface area contributed by atoms with Crippen LogP contribution in [0, 0.1) is 3.57 Å². The first-order valence-corrected chi connectivity index (χ1v) is 8.84. The Labute approximate surface area is 171 Å². The van der Waals surface area contributed by atoms with Crippen LogP contribution in [0.4, 0.5) is 24.5 Å². The summed E-state index contributed by atoms with van der Waals surface area (Å²) in [7, 11) is 0. The van der Waals surface area contributed by atoms with Gasteiger partial charge in [-0.25, -0.2) is 0 Å². The predicted molar refractivity (Wildman–Crippen MR) is 104 cm³/mol. The Hall–Kier alpha value is -1.85. The zero-order valence-corrected chi connectivity index (χ0v) is 16.6. The van der Waals surface area contributed by atoms with Gasteiger partial charge in [0.15, 0.2) is 0 Å². The topological polar surface area (TPSA) is 78.4 Å². The molecule has 0 aliphatic heterocycles. The number of halogens is 5. The van der Waals surface area contributed by atoms with E-state index in [1.807, 2.05) is 11.4 Å². The molecule has 0 aliphatic rings. The minimum atomic E-state index is -5.16. The molecule has 0 spiro atoms. The molecule has 2 aromatic rings. The Morgan fingerprint density at radius 3 is 2.33 bits per heavy atom. The van der Waals surface area contributed by atoms with E-state index in [1.54, 1.807) is 18.2 Å². The molecule has 0 saturated carbocycles. The Kier molecular flexibility index (Phi) is 6.38. The van der Waals surface area contributed by atoms with Crippen LogP contribution in [0.3, 0.4) is 0 Å². The second kappa shape index (κ2) is 8.03. The van der Waals surface area contributed by atoms with Crippen LogP contribution in [0.15, 0.2) is 42.5 Å². The first kappa shape index (κ1) is 21.5. The zero-order chi connectivity index (χ0) is 20.4. The Morgan fingerprint density at radius 1 is 1.11 bits per heavy atom. The van der Waals surface area contributed by atoms with E-state index in [2.05, 4.69) is 27.9 Å². The molecule has 0 bridgehead atoms. The molecule has 1 atom stereocenters. The molecule has 27 heavy (non-hydrogen) atoms. The number of rotatable bonds is 4. The molecular formula is C17H13ClF3IN2O3. The number of amides is 2. The summed E-state index contributed by atoms with van der Waals surface area (Å²) in [5.74, 6) is -2.17. The van der Waals surface area contributed by atoms with E-state index in [4.69, 9.17) is 11.6 Å². The number of hydrogen-bond acceptors (Lipinski definition) is 3. The SMILES string of the molecule is CC(O)(C(=O)Nc1ccc(C(=O)Nc2cccc(I)c2)cc1Cl)C(F)(F)F. The van der Waals surface area contributed by atoms with Gasteiger partial charge in [0.2, 0.25) is 5.60 Å². The third-order valence-corrected chi connectivity index (χ3v) is 4.54. The minimum absolute atomic E-state index is 0.138. The van der Waals surface area contributed by atoms with Gasteiger partial charge in [-0.3, -0.25) is 9.59 Å². The quantitative estimate of drug-likeness (QED) is 0.530. The van der Waals surface area contributed by atoms with Crippen molar-refractivity contribution in [2.75, 3.05) is 10.6 Å². The van der Waals surface area contributed by atoms with Crippen LogP contribution < -0.4 is 10.6 Å². The first-order valence-electron chi connectivity index (χ1n) is 7.39. The van der Waals surface area contributed by atoms with E-state index in [0.717, 1.165) is 3.57 Å². The van der Waals surface area contributed by atoms with Crippen LogP contribution in [0.1, 0.15) is 17.3 Å². The van der Waals surface area contributed by atoms with Crippen molar-refractivity contribution in [3.05, 3.63) is 56.6 Å². The molecule has 1 unspecified atom stereocenters. The lowest BCUT2D eigenvalue weighted by Crippen LogP contribution is -2.52. The number of carbonyl (C=O) groups is 2. The van der Waals surface area contributed by atoms with Crippen molar-refractivity contribution >= 4 is 57.4 Å². The smallest absolute Gasteiger partial charge is 0.373 e. The molecule has 0 aromatic heterocycles. The summed E-state index contributed by atoms with van der Waals surface area (Å²) in [6.07, 6.45) is -5.16. The van der Waals surface area contributed by atoms with Gasteiger partial charge in [-0.15, -0.1) is 0 Å². The van der Waals surface area contributed by atoms with Gasteiger partial charge < -0.3 is 15.7 Å². The summed E-state index contributed by atoms with van der Waals surface area (Å²) < 4.78 is 39.0. The van der Waals surface area contributed by atoms with Crippen molar-refractivity contribution in [2.45, 2.75) is 18.7 Å². The van der Waals surface area contributed by atoms with E-state index in [1.165, 1.54) is 18.2 Å². The van der Waals surface area contributed by atoms with Gasteiger partial charge in [-0.05, 0) is 65.9 Å². The third kappa shape index (κ3) is 5.11. The molecule has 0 radical (unpaired) electrons. The van der Waals surface area contributed by atoms with Crippen LogP contribution in [0.25, 0.3) is 0 Å². The maximum Gasteiger partial charge on any atom is 0.426 e. The highest BCUT2D eigenvalue weighted by Crippen LogP contribution is 2.32. The van der Waals surface area contributed by atoms with E-state index in [-0.39, 0.29) is 16.3 Å². The largest absolute Gasteiger partial charge is 0.426 e. The standard InChI is InChI=1S/C17H13ClF3IN2O3/c1-16(27,17(19,20)21)15(26)24-13-6-5-9(7-12(13)18)14(25)23-11-4-2-3-10(22)8-11/h2-8,27H,1H3,(H,23,25)(H,24,26). The van der Waals surface area contributed by atoms with Gasteiger partial charge in [0.25, 0.3) is 11.8 Å².